The fourth-order valence-corrected chi connectivity index (χ4v) is 7.54. The number of esters is 1. The summed E-state index contributed by atoms with van der Waals surface area (Å²) in [6, 6.07) is -0.650. The molecule has 60 heavy (non-hydrogen) atoms. The molecule has 6 heteroatoms. The topological polar surface area (TPSA) is 95.9 Å². The lowest BCUT2D eigenvalue weighted by atomic mass is 10.0. The Morgan fingerprint density at radius 3 is 1.30 bits per heavy atom. The van der Waals surface area contributed by atoms with Gasteiger partial charge in [0.05, 0.1) is 25.4 Å². The molecule has 1 amide bonds. The summed E-state index contributed by atoms with van der Waals surface area (Å²) in [5, 5.41) is 23.0. The smallest absolute Gasteiger partial charge is 0.305 e. The summed E-state index contributed by atoms with van der Waals surface area (Å²) in [5.74, 6) is -0.146. The minimum absolute atomic E-state index is 0.0472. The number of hydrogen-bond acceptors (Lipinski definition) is 5. The van der Waals surface area contributed by atoms with Crippen molar-refractivity contribution in [2.24, 2.45) is 0 Å². The molecule has 350 valence electrons. The summed E-state index contributed by atoms with van der Waals surface area (Å²) in [7, 11) is 0. The van der Waals surface area contributed by atoms with Gasteiger partial charge in [-0.05, 0) is 89.9 Å². The van der Waals surface area contributed by atoms with Crippen molar-refractivity contribution in [3.8, 4) is 0 Å². The van der Waals surface area contributed by atoms with Crippen LogP contribution in [-0.2, 0) is 14.3 Å². The molecule has 0 radical (unpaired) electrons. The summed E-state index contributed by atoms with van der Waals surface area (Å²) in [5.41, 5.74) is 0. The van der Waals surface area contributed by atoms with Crippen LogP contribution in [0.2, 0.25) is 0 Å². The number of carbonyl (C=O) groups is 2. The molecule has 0 aromatic rings. The quantitative estimate of drug-likeness (QED) is 0.0322. The maximum absolute atomic E-state index is 12.4. The molecular formula is C54H99NO5. The first-order valence-corrected chi connectivity index (χ1v) is 25.9. The normalized spacial score (nSPS) is 13.1. The van der Waals surface area contributed by atoms with Gasteiger partial charge in [0.15, 0.2) is 0 Å². The van der Waals surface area contributed by atoms with E-state index in [-0.39, 0.29) is 18.5 Å². The average molecular weight is 842 g/mol. The fourth-order valence-electron chi connectivity index (χ4n) is 7.54. The predicted octanol–water partition coefficient (Wildman–Crippen LogP) is 15.5. The Labute approximate surface area is 372 Å². The summed E-state index contributed by atoms with van der Waals surface area (Å²) in [6.45, 7) is 4.79. The number of hydrogen-bond donors (Lipinski definition) is 3. The third-order valence-electron chi connectivity index (χ3n) is 11.6. The van der Waals surface area contributed by atoms with E-state index in [9.17, 15) is 19.8 Å². The summed E-state index contributed by atoms with van der Waals surface area (Å²) < 4.78 is 5.43. The van der Waals surface area contributed by atoms with Crippen LogP contribution < -0.4 is 5.32 Å². The molecule has 0 aliphatic rings. The first-order chi connectivity index (χ1) is 29.5. The highest BCUT2D eigenvalue weighted by atomic mass is 16.5. The van der Waals surface area contributed by atoms with Crippen LogP contribution in [0.15, 0.2) is 48.6 Å². The van der Waals surface area contributed by atoms with Crippen LogP contribution in [0.25, 0.3) is 0 Å². The third-order valence-corrected chi connectivity index (χ3v) is 11.6. The Kier molecular flexibility index (Phi) is 47.7. The average Bonchev–Trinajstić information content (AvgIpc) is 3.25. The monoisotopic (exact) mass is 842 g/mol. The molecular weight excluding hydrogens is 743 g/mol. The predicted molar refractivity (Wildman–Crippen MR) is 259 cm³/mol. The Morgan fingerprint density at radius 2 is 0.833 bits per heavy atom. The minimum atomic E-state index is -0.864. The highest BCUT2D eigenvalue weighted by Crippen LogP contribution is 2.15. The first kappa shape index (κ1) is 57.8. The van der Waals surface area contributed by atoms with Crippen LogP contribution >= 0.6 is 0 Å². The minimum Gasteiger partial charge on any atom is -0.466 e. The van der Waals surface area contributed by atoms with E-state index in [4.69, 9.17) is 4.74 Å². The van der Waals surface area contributed by atoms with Gasteiger partial charge >= 0.3 is 5.97 Å². The third kappa shape index (κ3) is 45.3. The number of carbonyl (C=O) groups excluding carboxylic acids is 2. The summed E-state index contributed by atoms with van der Waals surface area (Å²) >= 11 is 0. The second-order valence-electron chi connectivity index (χ2n) is 17.5. The SMILES string of the molecule is CCCCCC/C=C\C/C=C\CCCCCCCC(=O)OCCCC/C=C\CCCCCCCC(=O)NC(CO)C(O)/C=C/CCCCCCCCCCCCCCCC. The van der Waals surface area contributed by atoms with Gasteiger partial charge in [0.1, 0.15) is 0 Å². The molecule has 0 aliphatic carbocycles. The highest BCUT2D eigenvalue weighted by Gasteiger charge is 2.18. The lowest BCUT2D eigenvalue weighted by Crippen LogP contribution is -2.45. The molecule has 3 N–H and O–H groups in total. The van der Waals surface area contributed by atoms with Crippen LogP contribution in [0.5, 0.6) is 0 Å². The van der Waals surface area contributed by atoms with E-state index < -0.39 is 12.1 Å². The van der Waals surface area contributed by atoms with Gasteiger partial charge in [-0.2, -0.15) is 0 Å². The molecule has 0 aromatic carbocycles. The van der Waals surface area contributed by atoms with Crippen molar-refractivity contribution < 1.29 is 24.5 Å². The number of allylic oxidation sites excluding steroid dienone is 7. The second-order valence-corrected chi connectivity index (χ2v) is 17.5. The molecule has 0 fully saturated rings. The van der Waals surface area contributed by atoms with Crippen LogP contribution in [0.4, 0.5) is 0 Å². The van der Waals surface area contributed by atoms with Gasteiger partial charge in [-0.25, -0.2) is 0 Å². The lowest BCUT2D eigenvalue weighted by molar-refractivity contribution is -0.143. The van der Waals surface area contributed by atoms with E-state index in [1.54, 1.807) is 6.08 Å². The number of aliphatic hydroxyl groups is 2. The zero-order chi connectivity index (χ0) is 43.7. The molecule has 0 aliphatic heterocycles. The van der Waals surface area contributed by atoms with Gasteiger partial charge in [-0.3, -0.25) is 9.59 Å². The van der Waals surface area contributed by atoms with Gasteiger partial charge in [-0.1, -0.05) is 204 Å². The van der Waals surface area contributed by atoms with Crippen LogP contribution in [0.3, 0.4) is 0 Å². The molecule has 0 saturated heterocycles. The summed E-state index contributed by atoms with van der Waals surface area (Å²) in [4.78, 5) is 24.5. The van der Waals surface area contributed by atoms with E-state index in [1.165, 1.54) is 135 Å². The van der Waals surface area contributed by atoms with Crippen molar-refractivity contribution in [2.75, 3.05) is 13.2 Å². The van der Waals surface area contributed by atoms with Crippen molar-refractivity contribution in [3.63, 3.8) is 0 Å². The molecule has 6 nitrogen and oxygen atoms in total. The number of unbranched alkanes of at least 4 members (excludes halogenated alkanes) is 30. The largest absolute Gasteiger partial charge is 0.466 e. The molecule has 2 atom stereocenters. The van der Waals surface area contributed by atoms with Crippen molar-refractivity contribution in [1.29, 1.82) is 0 Å². The van der Waals surface area contributed by atoms with Gasteiger partial charge < -0.3 is 20.3 Å². The van der Waals surface area contributed by atoms with Gasteiger partial charge in [-0.15, -0.1) is 0 Å². The van der Waals surface area contributed by atoms with E-state index >= 15 is 0 Å². The van der Waals surface area contributed by atoms with Gasteiger partial charge in [0.25, 0.3) is 0 Å². The molecule has 0 aromatic heterocycles. The van der Waals surface area contributed by atoms with E-state index in [0.29, 0.717) is 19.4 Å². The van der Waals surface area contributed by atoms with Crippen molar-refractivity contribution in [2.45, 2.75) is 270 Å². The van der Waals surface area contributed by atoms with Gasteiger partial charge in [0, 0.05) is 12.8 Å². The van der Waals surface area contributed by atoms with Crippen molar-refractivity contribution >= 4 is 11.9 Å². The Balaban J connectivity index is 3.58. The Hall–Kier alpha value is -2.18. The lowest BCUT2D eigenvalue weighted by Gasteiger charge is -2.20. The molecule has 0 spiro atoms. The number of aliphatic hydroxyl groups excluding tert-OH is 2. The number of rotatable bonds is 47. The molecule has 0 bridgehead atoms. The number of nitrogens with one attached hydrogen (secondary N) is 1. The first-order valence-electron chi connectivity index (χ1n) is 25.9. The molecule has 2 unspecified atom stereocenters. The number of ether oxygens (including phenoxy) is 1. The Morgan fingerprint density at radius 1 is 0.467 bits per heavy atom. The van der Waals surface area contributed by atoms with Crippen molar-refractivity contribution in [3.05, 3.63) is 48.6 Å². The van der Waals surface area contributed by atoms with Crippen LogP contribution in [0, 0.1) is 0 Å². The maximum Gasteiger partial charge on any atom is 0.305 e. The zero-order valence-electron chi connectivity index (χ0n) is 39.7. The highest BCUT2D eigenvalue weighted by molar-refractivity contribution is 5.76. The molecule has 0 heterocycles. The van der Waals surface area contributed by atoms with E-state index in [1.807, 2.05) is 6.08 Å². The molecule has 0 saturated carbocycles. The standard InChI is InChI=1S/C54H99NO5/c1-3-5-7-9-11-13-15-17-19-21-23-26-30-34-38-42-46-52(57)51(50-56)55-53(58)47-43-39-35-31-27-25-29-33-37-41-45-49-60-54(59)48-44-40-36-32-28-24-22-20-18-16-14-12-10-8-6-4-2/h14,16,20,22,29,33,42,46,51-52,56-57H,3-13,15,17-19,21,23-28,30-32,34-41,43-45,47-50H2,1-2H3,(H,55,58)/b16-14-,22-20-,33-29-,46-42+. The van der Waals surface area contributed by atoms with E-state index in [2.05, 4.69) is 55.6 Å². The molecule has 0 rings (SSSR count). The second kappa shape index (κ2) is 49.5. The Bertz CT molecular complexity index is 1020. The van der Waals surface area contributed by atoms with Crippen LogP contribution in [-0.4, -0.2) is 47.4 Å². The number of amides is 1. The van der Waals surface area contributed by atoms with E-state index in [0.717, 1.165) is 96.3 Å². The van der Waals surface area contributed by atoms with Gasteiger partial charge in [0.2, 0.25) is 5.91 Å². The summed E-state index contributed by atoms with van der Waals surface area (Å²) in [6.07, 6.45) is 61.1. The van der Waals surface area contributed by atoms with Crippen molar-refractivity contribution in [1.82, 2.24) is 5.32 Å². The fraction of sp³-hybridized carbons (Fsp3) is 0.815. The zero-order valence-corrected chi connectivity index (χ0v) is 39.7. The van der Waals surface area contributed by atoms with Crippen LogP contribution in [0.1, 0.15) is 258 Å². The maximum atomic E-state index is 12.4.